The summed E-state index contributed by atoms with van der Waals surface area (Å²) >= 11 is 1.34. The van der Waals surface area contributed by atoms with Crippen molar-refractivity contribution in [2.45, 2.75) is 45.8 Å². The fourth-order valence-electron chi connectivity index (χ4n) is 3.58. The molecule has 1 N–H and O–H groups in total. The van der Waals surface area contributed by atoms with E-state index in [4.69, 9.17) is 9.47 Å². The Balaban J connectivity index is 1.53. The lowest BCUT2D eigenvalue weighted by molar-refractivity contribution is 0.0226. The van der Waals surface area contributed by atoms with Gasteiger partial charge in [0.05, 0.1) is 18.7 Å². The second-order valence-corrected chi connectivity index (χ2v) is 9.45. The normalized spacial score (nSPS) is 14.9. The van der Waals surface area contributed by atoms with E-state index in [-0.39, 0.29) is 12.0 Å². The van der Waals surface area contributed by atoms with Crippen LogP contribution in [0.4, 0.5) is 9.80 Å². The summed E-state index contributed by atoms with van der Waals surface area (Å²) in [7, 11) is 0. The fraction of sp³-hybridized carbons (Fsp3) is 0.409. The molecule has 7 nitrogen and oxygen atoms in total. The van der Waals surface area contributed by atoms with Crippen LogP contribution >= 0.6 is 11.3 Å². The Morgan fingerprint density at radius 3 is 2.83 bits per heavy atom. The van der Waals surface area contributed by atoms with Crippen molar-refractivity contribution in [3.05, 3.63) is 45.3 Å². The summed E-state index contributed by atoms with van der Waals surface area (Å²) in [6.07, 6.45) is 1.03. The van der Waals surface area contributed by atoms with Crippen molar-refractivity contribution >= 4 is 28.3 Å². The van der Waals surface area contributed by atoms with Gasteiger partial charge in [-0.25, -0.2) is 4.79 Å². The molecule has 2 aliphatic heterocycles. The summed E-state index contributed by atoms with van der Waals surface area (Å²) in [5, 5.41) is 13.1. The molecule has 8 heteroatoms. The molecule has 1 aromatic heterocycles. The van der Waals surface area contributed by atoms with Gasteiger partial charge in [0, 0.05) is 23.4 Å². The summed E-state index contributed by atoms with van der Waals surface area (Å²) in [6.45, 7) is 6.96. The number of hydrogen-bond acceptors (Lipinski definition) is 6. The van der Waals surface area contributed by atoms with Gasteiger partial charge in [0.15, 0.2) is 0 Å². The van der Waals surface area contributed by atoms with Crippen LogP contribution in [0.5, 0.6) is 5.75 Å². The van der Waals surface area contributed by atoms with E-state index < -0.39 is 5.60 Å². The number of benzene rings is 1. The molecule has 0 unspecified atom stereocenters. The Hall–Kier alpha value is -3.05. The number of anilines is 1. The van der Waals surface area contributed by atoms with Crippen molar-refractivity contribution in [3.63, 3.8) is 0 Å². The summed E-state index contributed by atoms with van der Waals surface area (Å²) in [5.41, 5.74) is 2.39. The van der Waals surface area contributed by atoms with E-state index in [1.165, 1.54) is 11.3 Å². The highest BCUT2D eigenvalue weighted by Gasteiger charge is 2.30. The van der Waals surface area contributed by atoms with Gasteiger partial charge in [0.25, 0.3) is 5.91 Å². The van der Waals surface area contributed by atoms with Crippen molar-refractivity contribution in [2.75, 3.05) is 18.5 Å². The molecule has 4 rings (SSSR count). The Labute approximate surface area is 179 Å². The van der Waals surface area contributed by atoms with E-state index in [1.54, 1.807) is 17.0 Å². The number of nitrogens with one attached hydrogen (secondary N) is 1. The second kappa shape index (κ2) is 7.65. The maximum Gasteiger partial charge on any atom is 0.410 e. The SMILES string of the molecule is CC(C)(C)OC(=O)N1CCc2c(sc(NC(=O)c3ccc4c(c3)OCC4)c2C#N)C1. The molecule has 0 atom stereocenters. The quantitative estimate of drug-likeness (QED) is 0.782. The first-order valence-corrected chi connectivity index (χ1v) is 10.7. The molecule has 0 aliphatic carbocycles. The predicted octanol–water partition coefficient (Wildman–Crippen LogP) is 4.10. The van der Waals surface area contributed by atoms with Crippen LogP contribution < -0.4 is 10.1 Å². The summed E-state index contributed by atoms with van der Waals surface area (Å²) < 4.78 is 11.0. The van der Waals surface area contributed by atoms with E-state index in [1.807, 2.05) is 26.8 Å². The van der Waals surface area contributed by atoms with E-state index in [9.17, 15) is 14.9 Å². The van der Waals surface area contributed by atoms with Gasteiger partial charge < -0.3 is 19.7 Å². The van der Waals surface area contributed by atoms with Crippen LogP contribution in [-0.4, -0.2) is 35.7 Å². The molecule has 1 aromatic carbocycles. The third-order valence-corrected chi connectivity index (χ3v) is 6.14. The lowest BCUT2D eigenvalue weighted by atomic mass is 10.0. The van der Waals surface area contributed by atoms with Crippen molar-refractivity contribution in [1.82, 2.24) is 4.90 Å². The molecule has 0 saturated heterocycles. The van der Waals surface area contributed by atoms with Gasteiger partial charge in [-0.3, -0.25) is 4.79 Å². The van der Waals surface area contributed by atoms with Gasteiger partial charge in [-0.2, -0.15) is 5.26 Å². The van der Waals surface area contributed by atoms with Crippen LogP contribution in [0, 0.1) is 11.3 Å². The first kappa shape index (κ1) is 20.2. The second-order valence-electron chi connectivity index (χ2n) is 8.35. The highest BCUT2D eigenvalue weighted by Crippen LogP contribution is 2.37. The molecule has 0 bridgehead atoms. The van der Waals surface area contributed by atoms with Gasteiger partial charge in [-0.1, -0.05) is 6.07 Å². The molecule has 3 heterocycles. The maximum atomic E-state index is 12.8. The molecular weight excluding hydrogens is 402 g/mol. The minimum atomic E-state index is -0.566. The largest absolute Gasteiger partial charge is 0.493 e. The molecule has 30 heavy (non-hydrogen) atoms. The van der Waals surface area contributed by atoms with E-state index in [0.717, 1.165) is 28.2 Å². The molecule has 2 amide bonds. The van der Waals surface area contributed by atoms with Crippen LogP contribution in [0.15, 0.2) is 18.2 Å². The highest BCUT2D eigenvalue weighted by atomic mass is 32.1. The van der Waals surface area contributed by atoms with E-state index >= 15 is 0 Å². The third-order valence-electron chi connectivity index (χ3n) is 5.01. The van der Waals surface area contributed by atoms with Crippen LogP contribution in [0.25, 0.3) is 0 Å². The van der Waals surface area contributed by atoms with E-state index in [2.05, 4.69) is 11.4 Å². The number of thiophene rings is 1. The Morgan fingerprint density at radius 1 is 1.30 bits per heavy atom. The van der Waals surface area contributed by atoms with Crippen molar-refractivity contribution in [1.29, 1.82) is 5.26 Å². The first-order valence-electron chi connectivity index (χ1n) is 9.85. The van der Waals surface area contributed by atoms with Crippen molar-refractivity contribution < 1.29 is 19.1 Å². The minimum Gasteiger partial charge on any atom is -0.493 e. The number of rotatable bonds is 2. The third kappa shape index (κ3) is 3.98. The van der Waals surface area contributed by atoms with Crippen LogP contribution in [0.3, 0.4) is 0 Å². The summed E-state index contributed by atoms with van der Waals surface area (Å²) in [5.74, 6) is 0.453. The first-order chi connectivity index (χ1) is 14.2. The topological polar surface area (TPSA) is 91.7 Å². The number of nitriles is 1. The van der Waals surface area contributed by atoms with Gasteiger partial charge in [-0.15, -0.1) is 11.3 Å². The standard InChI is InChI=1S/C22H23N3O4S/c1-22(2,3)29-21(27)25-8-6-15-16(11-23)20(30-18(15)12-25)24-19(26)14-5-4-13-7-9-28-17(13)10-14/h4-5,10H,6-9,12H2,1-3H3,(H,24,26). The number of carbonyl (C=O) groups excluding carboxylic acids is 2. The molecule has 0 radical (unpaired) electrons. The zero-order valence-electron chi connectivity index (χ0n) is 17.2. The number of carbonyl (C=O) groups is 2. The molecule has 0 fully saturated rings. The molecule has 156 valence electrons. The number of hydrogen-bond donors (Lipinski definition) is 1. The van der Waals surface area contributed by atoms with Gasteiger partial charge in [-0.05, 0) is 50.5 Å². The lowest BCUT2D eigenvalue weighted by Crippen LogP contribution is -2.39. The highest BCUT2D eigenvalue weighted by molar-refractivity contribution is 7.16. The number of ether oxygens (including phenoxy) is 2. The van der Waals surface area contributed by atoms with Crippen molar-refractivity contribution in [2.24, 2.45) is 0 Å². The van der Waals surface area contributed by atoms with Crippen LogP contribution in [0.1, 0.15) is 52.7 Å². The Morgan fingerprint density at radius 2 is 2.10 bits per heavy atom. The number of fused-ring (bicyclic) bond motifs is 2. The van der Waals surface area contributed by atoms with Crippen LogP contribution in [-0.2, 0) is 24.1 Å². The maximum absolute atomic E-state index is 12.8. The molecule has 0 spiro atoms. The van der Waals surface area contributed by atoms with Crippen molar-refractivity contribution in [3.8, 4) is 11.8 Å². The summed E-state index contributed by atoms with van der Waals surface area (Å²) in [6, 6.07) is 7.63. The molecule has 2 aromatic rings. The summed E-state index contributed by atoms with van der Waals surface area (Å²) in [4.78, 5) is 27.7. The molecule has 2 aliphatic rings. The minimum absolute atomic E-state index is 0.285. The average Bonchev–Trinajstić information content (AvgIpc) is 3.28. The predicted molar refractivity (Wildman–Crippen MR) is 113 cm³/mol. The molecular formula is C22H23N3O4S. The fourth-order valence-corrected chi connectivity index (χ4v) is 4.78. The zero-order valence-corrected chi connectivity index (χ0v) is 18.0. The smallest absolute Gasteiger partial charge is 0.410 e. The number of nitrogens with zero attached hydrogens (tertiary/aromatic N) is 2. The number of amides is 2. The van der Waals surface area contributed by atoms with Gasteiger partial charge in [0.1, 0.15) is 22.4 Å². The molecule has 0 saturated carbocycles. The Bertz CT molecular complexity index is 1060. The monoisotopic (exact) mass is 425 g/mol. The van der Waals surface area contributed by atoms with E-state index in [0.29, 0.717) is 42.2 Å². The average molecular weight is 426 g/mol. The Kier molecular flexibility index (Phi) is 5.16. The van der Waals surface area contributed by atoms with Gasteiger partial charge >= 0.3 is 6.09 Å². The lowest BCUT2D eigenvalue weighted by Gasteiger charge is -2.29. The zero-order chi connectivity index (χ0) is 21.5. The van der Waals surface area contributed by atoms with Gasteiger partial charge in [0.2, 0.25) is 0 Å². The van der Waals surface area contributed by atoms with Crippen LogP contribution in [0.2, 0.25) is 0 Å².